The number of likely N-dealkylation sites (tertiary alicyclic amines) is 1. The highest BCUT2D eigenvalue weighted by Crippen LogP contribution is 2.59. The summed E-state index contributed by atoms with van der Waals surface area (Å²) in [6, 6.07) is 0. The number of nitrogens with zero attached hydrogens (tertiary/aromatic N) is 3. The quantitative estimate of drug-likeness (QED) is 0.840. The lowest BCUT2D eigenvalue weighted by molar-refractivity contribution is -0.0159. The van der Waals surface area contributed by atoms with Gasteiger partial charge in [0.2, 0.25) is 0 Å². The largest absolute Gasteiger partial charge is 0.348 e. The second-order valence-electron chi connectivity index (χ2n) is 9.53. The Morgan fingerprint density at radius 3 is 2.76 bits per heavy atom. The molecule has 1 saturated heterocycles. The van der Waals surface area contributed by atoms with Gasteiger partial charge in [-0.3, -0.25) is 9.80 Å². The normalized spacial score (nSPS) is 33.6. The van der Waals surface area contributed by atoms with Crippen molar-refractivity contribution in [1.29, 1.82) is 0 Å². The zero-order chi connectivity index (χ0) is 17.2. The number of aromatic nitrogens is 2. The standard InChI is InChI=1S/C21H32N4/c1-20(2)16-5-4-15(17(20)12-16)13-25-10-7-21(8-11-25)19-18(22-14-23-19)6-9-24(21)3/h4,14,16-17H,5-13H2,1-3H3,(H,22,23)/t16-,17-/m0/s1. The van der Waals surface area contributed by atoms with E-state index in [1.54, 1.807) is 5.57 Å². The van der Waals surface area contributed by atoms with E-state index in [1.165, 1.54) is 56.7 Å². The topological polar surface area (TPSA) is 35.2 Å². The van der Waals surface area contributed by atoms with Gasteiger partial charge in [0, 0.05) is 38.3 Å². The molecule has 3 heterocycles. The van der Waals surface area contributed by atoms with Gasteiger partial charge < -0.3 is 4.98 Å². The predicted molar refractivity (Wildman–Crippen MR) is 100 cm³/mol. The lowest BCUT2D eigenvalue weighted by atomic mass is 9.49. The third-order valence-electron chi connectivity index (χ3n) is 8.26. The van der Waals surface area contributed by atoms with Gasteiger partial charge in [0.1, 0.15) is 0 Å². The Hall–Kier alpha value is -1.13. The van der Waals surface area contributed by atoms with Crippen LogP contribution in [0.4, 0.5) is 0 Å². The third kappa shape index (κ3) is 2.23. The molecule has 3 aliphatic carbocycles. The van der Waals surface area contributed by atoms with Gasteiger partial charge in [0.25, 0.3) is 0 Å². The number of fused-ring (bicyclic) bond motifs is 3. The lowest BCUT2D eigenvalue weighted by Gasteiger charge is -2.57. The molecule has 0 aromatic carbocycles. The zero-order valence-corrected chi connectivity index (χ0v) is 16.0. The van der Waals surface area contributed by atoms with E-state index in [2.05, 4.69) is 41.8 Å². The van der Waals surface area contributed by atoms with Gasteiger partial charge in [-0.2, -0.15) is 0 Å². The molecular formula is C21H32N4. The van der Waals surface area contributed by atoms with Crippen molar-refractivity contribution in [2.75, 3.05) is 33.2 Å². The Kier molecular flexibility index (Phi) is 3.49. The molecule has 4 nitrogen and oxygen atoms in total. The monoisotopic (exact) mass is 340 g/mol. The van der Waals surface area contributed by atoms with Gasteiger partial charge in [-0.15, -0.1) is 0 Å². The zero-order valence-electron chi connectivity index (χ0n) is 16.0. The molecule has 0 unspecified atom stereocenters. The van der Waals surface area contributed by atoms with Gasteiger partial charge in [-0.1, -0.05) is 25.5 Å². The van der Waals surface area contributed by atoms with Crippen LogP contribution in [0.1, 0.15) is 50.9 Å². The first-order valence-electron chi connectivity index (χ1n) is 10.2. The van der Waals surface area contributed by atoms with Crippen molar-refractivity contribution >= 4 is 0 Å². The molecule has 0 amide bonds. The van der Waals surface area contributed by atoms with Crippen LogP contribution in [-0.2, 0) is 12.0 Å². The molecule has 1 aromatic rings. The van der Waals surface area contributed by atoms with E-state index in [0.717, 1.165) is 24.8 Å². The maximum Gasteiger partial charge on any atom is 0.0926 e. The van der Waals surface area contributed by atoms with Crippen LogP contribution in [-0.4, -0.2) is 53.0 Å². The van der Waals surface area contributed by atoms with Crippen molar-refractivity contribution in [2.24, 2.45) is 17.3 Å². The van der Waals surface area contributed by atoms with Crippen molar-refractivity contribution in [2.45, 2.75) is 51.5 Å². The van der Waals surface area contributed by atoms with E-state index in [9.17, 15) is 0 Å². The minimum Gasteiger partial charge on any atom is -0.348 e. The fraction of sp³-hybridized carbons (Fsp3) is 0.762. The summed E-state index contributed by atoms with van der Waals surface area (Å²) in [5, 5.41) is 0. The van der Waals surface area contributed by atoms with E-state index in [1.807, 2.05) is 6.33 Å². The summed E-state index contributed by atoms with van der Waals surface area (Å²) in [6.07, 6.45) is 10.8. The Morgan fingerprint density at radius 2 is 2.04 bits per heavy atom. The van der Waals surface area contributed by atoms with Crippen LogP contribution in [0, 0.1) is 17.3 Å². The second-order valence-corrected chi connectivity index (χ2v) is 9.53. The van der Waals surface area contributed by atoms with Crippen LogP contribution < -0.4 is 0 Å². The number of allylic oxidation sites excluding steroid dienone is 1. The van der Waals surface area contributed by atoms with Gasteiger partial charge in [0.05, 0.1) is 17.6 Å². The Balaban J connectivity index is 1.29. The molecule has 25 heavy (non-hydrogen) atoms. The average Bonchev–Trinajstić information content (AvgIpc) is 3.10. The lowest BCUT2D eigenvalue weighted by Crippen LogP contribution is -2.56. The summed E-state index contributed by atoms with van der Waals surface area (Å²) < 4.78 is 0. The number of piperidine rings is 1. The van der Waals surface area contributed by atoms with Crippen molar-refractivity contribution < 1.29 is 0 Å². The highest BCUT2D eigenvalue weighted by Gasteiger charge is 2.51. The van der Waals surface area contributed by atoms with E-state index in [4.69, 9.17) is 4.98 Å². The minimum atomic E-state index is 0.172. The SMILES string of the molecule is CN1CCc2[nH]cnc2C12CCN(CC1=CC[C@H]3C[C@@H]1C3(C)C)CC2. The number of nitrogens with one attached hydrogen (secondary N) is 1. The molecule has 1 saturated carbocycles. The summed E-state index contributed by atoms with van der Waals surface area (Å²) in [7, 11) is 2.30. The van der Waals surface area contributed by atoms with Crippen LogP contribution in [0.3, 0.4) is 0 Å². The summed E-state index contributed by atoms with van der Waals surface area (Å²) >= 11 is 0. The van der Waals surface area contributed by atoms with Crippen LogP contribution in [0.2, 0.25) is 0 Å². The van der Waals surface area contributed by atoms with Crippen molar-refractivity contribution in [1.82, 2.24) is 19.8 Å². The van der Waals surface area contributed by atoms with E-state index < -0.39 is 0 Å². The van der Waals surface area contributed by atoms with E-state index >= 15 is 0 Å². The highest BCUT2D eigenvalue weighted by atomic mass is 15.2. The molecule has 2 atom stereocenters. The van der Waals surface area contributed by atoms with Gasteiger partial charge in [0.15, 0.2) is 0 Å². The molecule has 4 heteroatoms. The molecule has 1 aromatic heterocycles. The van der Waals surface area contributed by atoms with Crippen LogP contribution >= 0.6 is 0 Å². The maximum atomic E-state index is 4.74. The van der Waals surface area contributed by atoms with Gasteiger partial charge in [-0.05, 0) is 50.0 Å². The Bertz CT molecular complexity index is 693. The number of aromatic amines is 1. The molecule has 6 rings (SSSR count). The van der Waals surface area contributed by atoms with Gasteiger partial charge in [-0.25, -0.2) is 4.98 Å². The van der Waals surface area contributed by atoms with E-state index in [0.29, 0.717) is 5.41 Å². The number of likely N-dealkylation sites (N-methyl/N-ethyl adjacent to an activating group) is 1. The van der Waals surface area contributed by atoms with Crippen molar-refractivity contribution in [3.63, 3.8) is 0 Å². The number of rotatable bonds is 2. The number of hydrogen-bond donors (Lipinski definition) is 1. The van der Waals surface area contributed by atoms with Crippen molar-refractivity contribution in [3.05, 3.63) is 29.4 Å². The predicted octanol–water partition coefficient (Wildman–Crippen LogP) is 3.18. The molecule has 2 bridgehead atoms. The Morgan fingerprint density at radius 1 is 1.24 bits per heavy atom. The van der Waals surface area contributed by atoms with Crippen LogP contribution in [0.25, 0.3) is 0 Å². The molecule has 0 radical (unpaired) electrons. The third-order valence-corrected chi connectivity index (χ3v) is 8.26. The summed E-state index contributed by atoms with van der Waals surface area (Å²) in [5.41, 5.74) is 5.17. The summed E-state index contributed by atoms with van der Waals surface area (Å²) in [5.74, 6) is 1.79. The second kappa shape index (κ2) is 5.43. The molecule has 2 fully saturated rings. The summed E-state index contributed by atoms with van der Waals surface area (Å²) in [4.78, 5) is 13.4. The molecule has 2 aliphatic heterocycles. The molecule has 1 N–H and O–H groups in total. The Labute approximate surface area is 151 Å². The number of imidazole rings is 1. The fourth-order valence-corrected chi connectivity index (χ4v) is 6.20. The molecule has 1 spiro atoms. The molecular weight excluding hydrogens is 308 g/mol. The maximum absolute atomic E-state index is 4.74. The molecule has 136 valence electrons. The first-order valence-corrected chi connectivity index (χ1v) is 10.2. The van der Waals surface area contributed by atoms with Crippen molar-refractivity contribution in [3.8, 4) is 0 Å². The first-order chi connectivity index (χ1) is 12.0. The summed E-state index contributed by atoms with van der Waals surface area (Å²) in [6.45, 7) is 9.72. The van der Waals surface area contributed by atoms with Crippen LogP contribution in [0.15, 0.2) is 18.0 Å². The molecule has 5 aliphatic rings. The van der Waals surface area contributed by atoms with Gasteiger partial charge >= 0.3 is 0 Å². The number of H-pyrrole nitrogens is 1. The fourth-order valence-electron chi connectivity index (χ4n) is 6.20. The van der Waals surface area contributed by atoms with Crippen LogP contribution in [0.5, 0.6) is 0 Å². The smallest absolute Gasteiger partial charge is 0.0926 e. The highest BCUT2D eigenvalue weighted by molar-refractivity contribution is 5.28. The average molecular weight is 341 g/mol. The number of hydrogen-bond acceptors (Lipinski definition) is 3. The minimum absolute atomic E-state index is 0.172. The van der Waals surface area contributed by atoms with E-state index in [-0.39, 0.29) is 5.54 Å². The first kappa shape index (κ1) is 16.1.